The van der Waals surface area contributed by atoms with E-state index in [4.69, 9.17) is 0 Å². The fourth-order valence-electron chi connectivity index (χ4n) is 0.912. The Morgan fingerprint density at radius 1 is 1.57 bits per heavy atom. The van der Waals surface area contributed by atoms with Crippen molar-refractivity contribution in [2.45, 2.75) is 6.43 Å². The average Bonchev–Trinajstić information content (AvgIpc) is 2.17. The number of nitrogens with zero attached hydrogens (tertiary/aromatic N) is 1. The summed E-state index contributed by atoms with van der Waals surface area (Å²) in [7, 11) is 1.13. The molecule has 0 amide bonds. The molecule has 0 saturated heterocycles. The van der Waals surface area contributed by atoms with Crippen molar-refractivity contribution in [1.82, 2.24) is 4.98 Å². The van der Waals surface area contributed by atoms with Gasteiger partial charge in [0.1, 0.15) is 5.69 Å². The number of carbonyl (C=O) groups is 1. The summed E-state index contributed by atoms with van der Waals surface area (Å²) in [4.78, 5) is 13.6. The van der Waals surface area contributed by atoms with E-state index in [0.29, 0.717) is 6.07 Å². The molecular weight excluding hydrogens is 199 g/mol. The second-order valence-electron chi connectivity index (χ2n) is 2.37. The van der Waals surface area contributed by atoms with Gasteiger partial charge in [-0.1, -0.05) is 0 Å². The number of hydrogen-bond donors (Lipinski definition) is 0. The predicted molar refractivity (Wildman–Crippen MR) is 41.1 cm³/mol. The molecule has 3 nitrogen and oxygen atoms in total. The average molecular weight is 205 g/mol. The van der Waals surface area contributed by atoms with E-state index in [9.17, 15) is 18.0 Å². The second kappa shape index (κ2) is 4.08. The molecule has 6 heteroatoms. The third-order valence-electron chi connectivity index (χ3n) is 1.54. The van der Waals surface area contributed by atoms with E-state index in [2.05, 4.69) is 9.72 Å². The Kier molecular flexibility index (Phi) is 3.06. The van der Waals surface area contributed by atoms with E-state index >= 15 is 0 Å². The van der Waals surface area contributed by atoms with Crippen LogP contribution in [0.3, 0.4) is 0 Å². The van der Waals surface area contributed by atoms with Crippen LogP contribution in [0.1, 0.15) is 22.5 Å². The van der Waals surface area contributed by atoms with Crippen molar-refractivity contribution in [2.75, 3.05) is 7.11 Å². The Labute approximate surface area is 77.5 Å². The lowest BCUT2D eigenvalue weighted by atomic mass is 10.2. The standard InChI is InChI=1S/C8H6F3NO2/c1-14-8-5(9)2-4(7(10)11)6(3-13)12-8/h2-3,7H,1H3. The summed E-state index contributed by atoms with van der Waals surface area (Å²) in [6.07, 6.45) is -2.81. The van der Waals surface area contributed by atoms with E-state index < -0.39 is 29.4 Å². The van der Waals surface area contributed by atoms with Crippen molar-refractivity contribution in [2.24, 2.45) is 0 Å². The molecule has 0 unspecified atom stereocenters. The Hall–Kier alpha value is -1.59. The van der Waals surface area contributed by atoms with E-state index in [0.717, 1.165) is 7.11 Å². The monoisotopic (exact) mass is 205 g/mol. The van der Waals surface area contributed by atoms with Crippen LogP contribution in [-0.2, 0) is 0 Å². The Balaban J connectivity index is 3.31. The van der Waals surface area contributed by atoms with Crippen LogP contribution in [0.25, 0.3) is 0 Å². The van der Waals surface area contributed by atoms with Gasteiger partial charge in [-0.2, -0.15) is 0 Å². The molecule has 0 radical (unpaired) electrons. The number of alkyl halides is 2. The van der Waals surface area contributed by atoms with Crippen LogP contribution >= 0.6 is 0 Å². The molecule has 0 atom stereocenters. The van der Waals surface area contributed by atoms with Crippen LogP contribution < -0.4 is 4.74 Å². The quantitative estimate of drug-likeness (QED) is 0.708. The molecule has 14 heavy (non-hydrogen) atoms. The van der Waals surface area contributed by atoms with Crippen molar-refractivity contribution in [3.63, 3.8) is 0 Å². The number of ether oxygens (including phenoxy) is 1. The number of halogens is 3. The number of rotatable bonds is 3. The van der Waals surface area contributed by atoms with E-state index in [1.807, 2.05) is 0 Å². The van der Waals surface area contributed by atoms with Gasteiger partial charge in [0.05, 0.1) is 7.11 Å². The van der Waals surface area contributed by atoms with Gasteiger partial charge in [0, 0.05) is 5.56 Å². The molecule has 0 fully saturated rings. The summed E-state index contributed by atoms with van der Waals surface area (Å²) in [5.41, 5.74) is -1.25. The van der Waals surface area contributed by atoms with E-state index in [-0.39, 0.29) is 6.29 Å². The largest absolute Gasteiger partial charge is 0.479 e. The summed E-state index contributed by atoms with van der Waals surface area (Å²) in [6.45, 7) is 0. The maximum Gasteiger partial charge on any atom is 0.266 e. The Morgan fingerprint density at radius 2 is 2.21 bits per heavy atom. The van der Waals surface area contributed by atoms with Gasteiger partial charge in [0.2, 0.25) is 0 Å². The number of carbonyl (C=O) groups excluding carboxylic acids is 1. The highest BCUT2D eigenvalue weighted by Gasteiger charge is 2.18. The van der Waals surface area contributed by atoms with Crippen molar-refractivity contribution in [3.05, 3.63) is 23.1 Å². The fraction of sp³-hybridized carbons (Fsp3) is 0.250. The molecule has 1 heterocycles. The highest BCUT2D eigenvalue weighted by atomic mass is 19.3. The number of pyridine rings is 1. The summed E-state index contributed by atoms with van der Waals surface area (Å²) >= 11 is 0. The number of methoxy groups -OCH3 is 1. The molecule has 0 aliphatic carbocycles. The zero-order valence-electron chi connectivity index (χ0n) is 7.13. The summed E-state index contributed by atoms with van der Waals surface area (Å²) in [5.74, 6) is -1.50. The highest BCUT2D eigenvalue weighted by Crippen LogP contribution is 2.25. The van der Waals surface area contributed by atoms with Crippen molar-refractivity contribution < 1.29 is 22.7 Å². The van der Waals surface area contributed by atoms with Crippen LogP contribution in [0.4, 0.5) is 13.2 Å². The van der Waals surface area contributed by atoms with Gasteiger partial charge in [0.25, 0.3) is 12.3 Å². The third-order valence-corrected chi connectivity index (χ3v) is 1.54. The van der Waals surface area contributed by atoms with Gasteiger partial charge in [-0.05, 0) is 6.07 Å². The van der Waals surface area contributed by atoms with Gasteiger partial charge in [-0.3, -0.25) is 4.79 Å². The Bertz CT molecular complexity index is 355. The van der Waals surface area contributed by atoms with Crippen LogP contribution in [0.5, 0.6) is 5.88 Å². The lowest BCUT2D eigenvalue weighted by Gasteiger charge is -2.05. The van der Waals surface area contributed by atoms with Gasteiger partial charge in [0.15, 0.2) is 12.1 Å². The lowest BCUT2D eigenvalue weighted by Crippen LogP contribution is -2.02. The molecule has 0 aliphatic heterocycles. The van der Waals surface area contributed by atoms with Gasteiger partial charge >= 0.3 is 0 Å². The topological polar surface area (TPSA) is 39.2 Å². The van der Waals surface area contributed by atoms with Crippen LogP contribution in [-0.4, -0.2) is 18.4 Å². The van der Waals surface area contributed by atoms with Crippen molar-refractivity contribution >= 4 is 6.29 Å². The third kappa shape index (κ3) is 1.84. The first-order valence-corrected chi connectivity index (χ1v) is 3.58. The zero-order valence-corrected chi connectivity index (χ0v) is 7.13. The fourth-order valence-corrected chi connectivity index (χ4v) is 0.912. The Morgan fingerprint density at radius 3 is 2.64 bits per heavy atom. The SMILES string of the molecule is COc1nc(C=O)c(C(F)F)cc1F. The van der Waals surface area contributed by atoms with Crippen LogP contribution in [0.15, 0.2) is 6.07 Å². The molecule has 0 saturated carbocycles. The minimum atomic E-state index is -2.94. The van der Waals surface area contributed by atoms with E-state index in [1.54, 1.807) is 0 Å². The predicted octanol–water partition coefficient (Wildman–Crippen LogP) is 1.98. The minimum Gasteiger partial charge on any atom is -0.479 e. The molecule has 0 N–H and O–H groups in total. The van der Waals surface area contributed by atoms with Crippen molar-refractivity contribution in [3.8, 4) is 5.88 Å². The summed E-state index contributed by atoms with van der Waals surface area (Å²) in [5, 5.41) is 0. The molecule has 0 aromatic carbocycles. The summed E-state index contributed by atoms with van der Waals surface area (Å²) < 4.78 is 41.8. The van der Waals surface area contributed by atoms with Gasteiger partial charge in [-0.25, -0.2) is 18.2 Å². The number of hydrogen-bond acceptors (Lipinski definition) is 3. The molecule has 1 aromatic rings. The maximum absolute atomic E-state index is 12.9. The van der Waals surface area contributed by atoms with E-state index in [1.165, 1.54) is 0 Å². The molecule has 0 aliphatic rings. The number of aromatic nitrogens is 1. The minimum absolute atomic E-state index is 0.128. The molecule has 76 valence electrons. The second-order valence-corrected chi connectivity index (χ2v) is 2.37. The first-order chi connectivity index (χ1) is 6.60. The van der Waals surface area contributed by atoms with Gasteiger partial charge in [-0.15, -0.1) is 0 Å². The smallest absolute Gasteiger partial charge is 0.266 e. The van der Waals surface area contributed by atoms with Gasteiger partial charge < -0.3 is 4.74 Å². The highest BCUT2D eigenvalue weighted by molar-refractivity contribution is 5.74. The van der Waals surface area contributed by atoms with Crippen LogP contribution in [0, 0.1) is 5.82 Å². The number of aldehydes is 1. The molecule has 1 aromatic heterocycles. The molecular formula is C8H6F3NO2. The molecule has 1 rings (SSSR count). The lowest BCUT2D eigenvalue weighted by molar-refractivity contribution is 0.110. The van der Waals surface area contributed by atoms with Crippen LogP contribution in [0.2, 0.25) is 0 Å². The maximum atomic E-state index is 12.9. The first kappa shape index (κ1) is 10.5. The summed E-state index contributed by atoms with van der Waals surface area (Å²) in [6, 6.07) is 0.542. The zero-order chi connectivity index (χ0) is 10.7. The van der Waals surface area contributed by atoms with Crippen molar-refractivity contribution in [1.29, 1.82) is 0 Å². The first-order valence-electron chi connectivity index (χ1n) is 3.58. The normalized spacial score (nSPS) is 10.4. The molecule has 0 bridgehead atoms. The molecule has 0 spiro atoms.